The van der Waals surface area contributed by atoms with Crippen LogP contribution in [-0.4, -0.2) is 41.6 Å². The first-order chi connectivity index (χ1) is 11.2. The second-order valence-electron chi connectivity index (χ2n) is 6.21. The summed E-state index contributed by atoms with van der Waals surface area (Å²) in [6.45, 7) is 5.05. The number of ether oxygens (including phenoxy) is 2. The molecule has 128 valence electrons. The molecule has 0 radical (unpaired) electrons. The molecular formula is C17H20N2O5. The Hall–Kier alpha value is -2.83. The fourth-order valence-corrected chi connectivity index (χ4v) is 2.21. The predicted molar refractivity (Wildman–Crippen MR) is 87.8 cm³/mol. The molecule has 0 bridgehead atoms. The van der Waals surface area contributed by atoms with Gasteiger partial charge in [0.1, 0.15) is 5.60 Å². The lowest BCUT2D eigenvalue weighted by molar-refractivity contribution is -0.141. The number of amides is 1. The lowest BCUT2D eigenvalue weighted by atomic mass is 10.0. The number of benzene rings is 1. The van der Waals surface area contributed by atoms with E-state index < -0.39 is 29.5 Å². The van der Waals surface area contributed by atoms with Crippen LogP contribution in [0.25, 0.3) is 10.9 Å². The highest BCUT2D eigenvalue weighted by molar-refractivity contribution is 6.18. The number of para-hydroxylation sites is 1. The Kier molecular flexibility index (Phi) is 4.92. The molecule has 7 heteroatoms. The van der Waals surface area contributed by atoms with E-state index in [0.717, 1.165) is 12.6 Å². The SMILES string of the molecule is COC(=O)C(NC(=O)OC(C)(C)C)C(=O)c1c[nH]c2ccccc12. The number of Topliss-reactive ketones (excluding diaryl/α,β-unsaturated/α-hetero) is 1. The molecular weight excluding hydrogens is 312 g/mol. The Morgan fingerprint density at radius 2 is 1.83 bits per heavy atom. The number of hydrogen-bond donors (Lipinski definition) is 2. The minimum absolute atomic E-state index is 0.289. The summed E-state index contributed by atoms with van der Waals surface area (Å²) in [5, 5.41) is 2.93. The van der Waals surface area contributed by atoms with Crippen LogP contribution in [0.15, 0.2) is 30.5 Å². The highest BCUT2D eigenvalue weighted by Crippen LogP contribution is 2.19. The first kappa shape index (κ1) is 17.5. The summed E-state index contributed by atoms with van der Waals surface area (Å²) < 4.78 is 9.73. The van der Waals surface area contributed by atoms with Crippen LogP contribution < -0.4 is 5.32 Å². The van der Waals surface area contributed by atoms with Gasteiger partial charge in [-0.05, 0) is 26.8 Å². The van der Waals surface area contributed by atoms with Gasteiger partial charge in [0.25, 0.3) is 0 Å². The van der Waals surface area contributed by atoms with Crippen molar-refractivity contribution >= 4 is 28.7 Å². The minimum Gasteiger partial charge on any atom is -0.467 e. The van der Waals surface area contributed by atoms with Crippen LogP contribution in [0.3, 0.4) is 0 Å². The quantitative estimate of drug-likeness (QED) is 0.509. The Bertz CT molecular complexity index is 773. The number of methoxy groups -OCH3 is 1. The van der Waals surface area contributed by atoms with Crippen molar-refractivity contribution in [1.82, 2.24) is 10.3 Å². The number of aromatic nitrogens is 1. The van der Waals surface area contributed by atoms with Gasteiger partial charge in [0, 0.05) is 22.7 Å². The molecule has 2 N–H and O–H groups in total. The number of nitrogens with one attached hydrogen (secondary N) is 2. The summed E-state index contributed by atoms with van der Waals surface area (Å²) in [7, 11) is 1.15. The van der Waals surface area contributed by atoms with Crippen molar-refractivity contribution in [3.8, 4) is 0 Å². The van der Waals surface area contributed by atoms with E-state index in [1.54, 1.807) is 39.0 Å². The van der Waals surface area contributed by atoms with Crippen LogP contribution in [0.2, 0.25) is 0 Å². The first-order valence-electron chi connectivity index (χ1n) is 7.40. The van der Waals surface area contributed by atoms with Crippen LogP contribution in [0.1, 0.15) is 31.1 Å². The Morgan fingerprint density at radius 3 is 2.46 bits per heavy atom. The number of fused-ring (bicyclic) bond motifs is 1. The van der Waals surface area contributed by atoms with Crippen molar-refractivity contribution in [2.75, 3.05) is 7.11 Å². The van der Waals surface area contributed by atoms with E-state index in [-0.39, 0.29) is 5.56 Å². The molecule has 0 aliphatic carbocycles. The van der Waals surface area contributed by atoms with Gasteiger partial charge < -0.3 is 19.8 Å². The van der Waals surface area contributed by atoms with Gasteiger partial charge in [-0.1, -0.05) is 18.2 Å². The minimum atomic E-state index is -1.48. The molecule has 0 aliphatic heterocycles. The molecule has 2 rings (SSSR count). The molecule has 1 atom stereocenters. The van der Waals surface area contributed by atoms with Crippen molar-refractivity contribution < 1.29 is 23.9 Å². The van der Waals surface area contributed by atoms with E-state index in [1.807, 2.05) is 6.07 Å². The van der Waals surface area contributed by atoms with Gasteiger partial charge in [-0.2, -0.15) is 0 Å². The number of hydrogen-bond acceptors (Lipinski definition) is 5. The first-order valence-corrected chi connectivity index (χ1v) is 7.40. The highest BCUT2D eigenvalue weighted by Gasteiger charge is 2.33. The van der Waals surface area contributed by atoms with Gasteiger partial charge >= 0.3 is 12.1 Å². The molecule has 1 amide bonds. The molecule has 1 heterocycles. The molecule has 1 aromatic carbocycles. The van der Waals surface area contributed by atoms with Crippen molar-refractivity contribution in [2.45, 2.75) is 32.4 Å². The van der Waals surface area contributed by atoms with Crippen LogP contribution >= 0.6 is 0 Å². The van der Waals surface area contributed by atoms with Crippen molar-refractivity contribution in [3.63, 3.8) is 0 Å². The fourth-order valence-electron chi connectivity index (χ4n) is 2.21. The molecule has 24 heavy (non-hydrogen) atoms. The summed E-state index contributed by atoms with van der Waals surface area (Å²) in [5.41, 5.74) is 0.285. The van der Waals surface area contributed by atoms with Crippen LogP contribution in [0, 0.1) is 0 Å². The van der Waals surface area contributed by atoms with E-state index in [9.17, 15) is 14.4 Å². The number of esters is 1. The van der Waals surface area contributed by atoms with Crippen LogP contribution in [-0.2, 0) is 14.3 Å². The van der Waals surface area contributed by atoms with Gasteiger partial charge in [0.05, 0.1) is 7.11 Å². The topological polar surface area (TPSA) is 97.5 Å². The Balaban J connectivity index is 2.29. The summed E-state index contributed by atoms with van der Waals surface area (Å²) in [5.74, 6) is -1.44. The number of alkyl carbamates (subject to hydrolysis) is 1. The fraction of sp³-hybridized carbons (Fsp3) is 0.353. The lowest BCUT2D eigenvalue weighted by Gasteiger charge is -2.22. The van der Waals surface area contributed by atoms with Gasteiger partial charge in [-0.25, -0.2) is 9.59 Å². The molecule has 0 aliphatic rings. The molecule has 1 unspecified atom stereocenters. The zero-order valence-electron chi connectivity index (χ0n) is 14.0. The average molecular weight is 332 g/mol. The van der Waals surface area contributed by atoms with Gasteiger partial charge in [-0.3, -0.25) is 4.79 Å². The molecule has 2 aromatic rings. The summed E-state index contributed by atoms with van der Waals surface area (Å²) in [4.78, 5) is 39.6. The third-order valence-electron chi connectivity index (χ3n) is 3.21. The monoisotopic (exact) mass is 332 g/mol. The van der Waals surface area contributed by atoms with E-state index in [0.29, 0.717) is 5.39 Å². The summed E-state index contributed by atoms with van der Waals surface area (Å²) >= 11 is 0. The highest BCUT2D eigenvalue weighted by atomic mass is 16.6. The molecule has 0 fully saturated rings. The van der Waals surface area contributed by atoms with Gasteiger partial charge in [-0.15, -0.1) is 0 Å². The van der Waals surface area contributed by atoms with E-state index in [2.05, 4.69) is 15.0 Å². The second kappa shape index (κ2) is 6.74. The number of aromatic amines is 1. The lowest BCUT2D eigenvalue weighted by Crippen LogP contribution is -2.48. The van der Waals surface area contributed by atoms with Crippen molar-refractivity contribution in [1.29, 1.82) is 0 Å². The zero-order chi connectivity index (χ0) is 17.9. The third kappa shape index (κ3) is 3.92. The normalized spacial score (nSPS) is 12.5. The standard InChI is InChI=1S/C17H20N2O5/c1-17(2,3)24-16(22)19-13(15(21)23-4)14(20)11-9-18-12-8-6-5-7-10(11)12/h5-9,13,18H,1-4H3,(H,19,22). The van der Waals surface area contributed by atoms with Gasteiger partial charge in [0.2, 0.25) is 0 Å². The third-order valence-corrected chi connectivity index (χ3v) is 3.21. The number of ketones is 1. The van der Waals surface area contributed by atoms with Crippen LogP contribution in [0.5, 0.6) is 0 Å². The Labute approximate surface area is 139 Å². The smallest absolute Gasteiger partial charge is 0.408 e. The maximum absolute atomic E-state index is 12.7. The maximum atomic E-state index is 12.7. The number of H-pyrrole nitrogens is 1. The second-order valence-corrected chi connectivity index (χ2v) is 6.21. The number of carbonyl (C=O) groups is 3. The zero-order valence-corrected chi connectivity index (χ0v) is 14.0. The number of rotatable bonds is 4. The molecule has 7 nitrogen and oxygen atoms in total. The maximum Gasteiger partial charge on any atom is 0.408 e. The summed E-state index contributed by atoms with van der Waals surface area (Å²) in [6.07, 6.45) is 0.630. The van der Waals surface area contributed by atoms with Crippen molar-refractivity contribution in [3.05, 3.63) is 36.0 Å². The average Bonchev–Trinajstić information content (AvgIpc) is 2.93. The van der Waals surface area contributed by atoms with E-state index >= 15 is 0 Å². The van der Waals surface area contributed by atoms with E-state index in [1.165, 1.54) is 6.20 Å². The van der Waals surface area contributed by atoms with E-state index in [4.69, 9.17) is 4.74 Å². The molecule has 0 spiro atoms. The Morgan fingerprint density at radius 1 is 1.17 bits per heavy atom. The summed E-state index contributed by atoms with van der Waals surface area (Å²) in [6, 6.07) is 5.68. The van der Waals surface area contributed by atoms with Crippen molar-refractivity contribution in [2.24, 2.45) is 0 Å². The molecule has 0 saturated heterocycles. The molecule has 1 aromatic heterocycles. The molecule has 0 saturated carbocycles. The number of carbonyl (C=O) groups excluding carboxylic acids is 3. The van der Waals surface area contributed by atoms with Crippen LogP contribution in [0.4, 0.5) is 4.79 Å². The largest absolute Gasteiger partial charge is 0.467 e. The van der Waals surface area contributed by atoms with Gasteiger partial charge in [0.15, 0.2) is 11.8 Å². The predicted octanol–water partition coefficient (Wildman–Crippen LogP) is 2.42.